The summed E-state index contributed by atoms with van der Waals surface area (Å²) in [5.74, 6) is -1.75. The Hall–Kier alpha value is -2.52. The second kappa shape index (κ2) is 8.54. The van der Waals surface area contributed by atoms with Crippen LogP contribution in [-0.2, 0) is 19.4 Å². The van der Waals surface area contributed by atoms with Crippen molar-refractivity contribution in [1.82, 2.24) is 15.6 Å². The molecule has 0 spiro atoms. The van der Waals surface area contributed by atoms with E-state index in [1.807, 2.05) is 0 Å². The number of pyridine rings is 1. The van der Waals surface area contributed by atoms with Crippen LogP contribution in [0.4, 0.5) is 0 Å². The van der Waals surface area contributed by atoms with Crippen LogP contribution >= 0.6 is 11.3 Å². The van der Waals surface area contributed by atoms with Crippen LogP contribution in [0.5, 0.6) is 0 Å². The number of hydrogen-bond donors (Lipinski definition) is 2. The first-order valence-electron chi connectivity index (χ1n) is 7.31. The lowest BCUT2D eigenvalue weighted by Crippen LogP contribution is -2.42. The molecule has 0 aliphatic rings. The molecule has 0 saturated heterocycles. The van der Waals surface area contributed by atoms with Crippen molar-refractivity contribution in [1.29, 1.82) is 0 Å². The number of sulfone groups is 1. The monoisotopic (exact) mass is 379 g/mol. The van der Waals surface area contributed by atoms with Crippen LogP contribution in [0.3, 0.4) is 0 Å². The smallest absolute Gasteiger partial charge is 0.309 e. The van der Waals surface area contributed by atoms with Gasteiger partial charge in [0.05, 0.1) is 0 Å². The average Bonchev–Trinajstić information content (AvgIpc) is 3.16. The number of nitrogens with one attached hydrogen (secondary N) is 2. The highest BCUT2D eigenvalue weighted by Crippen LogP contribution is 2.30. The highest BCUT2D eigenvalue weighted by atomic mass is 32.2. The summed E-state index contributed by atoms with van der Waals surface area (Å²) in [5.41, 5.74) is 0.433. The summed E-state index contributed by atoms with van der Waals surface area (Å²) in [6, 6.07) is 6.37. The zero-order valence-corrected chi connectivity index (χ0v) is 14.8. The van der Waals surface area contributed by atoms with Gasteiger partial charge in [-0.2, -0.15) is 0 Å². The van der Waals surface area contributed by atoms with Crippen molar-refractivity contribution in [3.05, 3.63) is 60.3 Å². The third-order valence-electron chi connectivity index (χ3n) is 3.27. The molecule has 0 aromatic carbocycles. The minimum Gasteiger partial charge on any atom is -0.346 e. The van der Waals surface area contributed by atoms with E-state index in [1.165, 1.54) is 24.5 Å². The number of thiophene rings is 1. The maximum Gasteiger partial charge on any atom is 0.309 e. The Bertz CT molecular complexity index is 834. The van der Waals surface area contributed by atoms with Crippen molar-refractivity contribution in [2.75, 3.05) is 13.1 Å². The molecule has 0 unspecified atom stereocenters. The summed E-state index contributed by atoms with van der Waals surface area (Å²) in [6.07, 6.45) is 4.39. The Morgan fingerprint density at radius 1 is 1.24 bits per heavy atom. The summed E-state index contributed by atoms with van der Waals surface area (Å²) in [5, 5.41) is 5.32. The van der Waals surface area contributed by atoms with Gasteiger partial charge >= 0.3 is 11.8 Å². The van der Waals surface area contributed by atoms with Crippen LogP contribution in [0, 0.1) is 0 Å². The topological polar surface area (TPSA) is 105 Å². The van der Waals surface area contributed by atoms with E-state index in [-0.39, 0.29) is 17.3 Å². The second-order valence-corrected chi connectivity index (χ2v) is 8.27. The molecule has 0 aliphatic carbocycles. The van der Waals surface area contributed by atoms with E-state index in [9.17, 15) is 18.0 Å². The zero-order chi connectivity index (χ0) is 18.3. The number of carbonyl (C=O) groups excluding carboxylic acids is 2. The van der Waals surface area contributed by atoms with Crippen molar-refractivity contribution >= 4 is 33.0 Å². The third kappa shape index (κ3) is 4.74. The van der Waals surface area contributed by atoms with Crippen molar-refractivity contribution in [2.24, 2.45) is 0 Å². The number of rotatable bonds is 7. The van der Waals surface area contributed by atoms with Crippen molar-refractivity contribution in [3.8, 4) is 0 Å². The molecule has 2 N–H and O–H groups in total. The van der Waals surface area contributed by atoms with Gasteiger partial charge < -0.3 is 10.6 Å². The van der Waals surface area contributed by atoms with E-state index < -0.39 is 26.9 Å². The van der Waals surface area contributed by atoms with Crippen molar-refractivity contribution < 1.29 is 18.0 Å². The Balaban J connectivity index is 2.21. The summed E-state index contributed by atoms with van der Waals surface area (Å²) in [4.78, 5) is 27.4. The molecule has 0 bridgehead atoms. The molecule has 2 aromatic heterocycles. The van der Waals surface area contributed by atoms with Gasteiger partial charge in [0.1, 0.15) is 9.46 Å². The molecule has 132 valence electrons. The first-order chi connectivity index (χ1) is 12.0. The molecule has 1 atom stereocenters. The molecular formula is C16H17N3O4S2. The normalized spacial score (nSPS) is 12.2. The van der Waals surface area contributed by atoms with E-state index in [0.29, 0.717) is 5.56 Å². The number of aromatic nitrogens is 1. The Labute approximate surface area is 149 Å². The van der Waals surface area contributed by atoms with Gasteiger partial charge in [-0.05, 0) is 23.1 Å². The SMILES string of the molecule is C=CCNC(=O)C(=O)NC[C@H](c1cccnc1)S(=O)(=O)c1cccs1. The number of amides is 2. The quantitative estimate of drug-likeness (QED) is 0.553. The van der Waals surface area contributed by atoms with Crippen LogP contribution in [0.25, 0.3) is 0 Å². The minimum atomic E-state index is -3.73. The van der Waals surface area contributed by atoms with E-state index in [2.05, 4.69) is 22.2 Å². The first kappa shape index (κ1) is 18.8. The van der Waals surface area contributed by atoms with Crippen LogP contribution in [-0.4, -0.2) is 38.3 Å². The van der Waals surface area contributed by atoms with Gasteiger partial charge in [-0.3, -0.25) is 14.6 Å². The highest BCUT2D eigenvalue weighted by molar-refractivity contribution is 7.93. The molecule has 7 nitrogen and oxygen atoms in total. The molecule has 25 heavy (non-hydrogen) atoms. The molecule has 2 rings (SSSR count). The lowest BCUT2D eigenvalue weighted by Gasteiger charge is -2.17. The highest BCUT2D eigenvalue weighted by Gasteiger charge is 2.31. The lowest BCUT2D eigenvalue weighted by molar-refractivity contribution is -0.139. The molecule has 0 radical (unpaired) electrons. The molecule has 2 amide bonds. The van der Waals surface area contributed by atoms with Crippen molar-refractivity contribution in [3.63, 3.8) is 0 Å². The Morgan fingerprint density at radius 3 is 2.60 bits per heavy atom. The fourth-order valence-corrected chi connectivity index (χ4v) is 4.90. The predicted molar refractivity (Wildman–Crippen MR) is 94.7 cm³/mol. The molecule has 0 aliphatic heterocycles. The summed E-state index contributed by atoms with van der Waals surface area (Å²) >= 11 is 1.09. The fraction of sp³-hybridized carbons (Fsp3) is 0.188. The molecular weight excluding hydrogens is 362 g/mol. The van der Waals surface area contributed by atoms with Gasteiger partial charge in [-0.25, -0.2) is 8.42 Å². The Morgan fingerprint density at radius 2 is 2.00 bits per heavy atom. The second-order valence-electron chi connectivity index (χ2n) is 4.96. The Kier molecular flexibility index (Phi) is 6.43. The van der Waals surface area contributed by atoms with E-state index in [4.69, 9.17) is 0 Å². The molecule has 0 saturated carbocycles. The first-order valence-corrected chi connectivity index (χ1v) is 9.73. The van der Waals surface area contributed by atoms with Gasteiger partial charge in [0.25, 0.3) is 0 Å². The number of nitrogens with zero attached hydrogens (tertiary/aromatic N) is 1. The molecule has 2 heterocycles. The summed E-state index contributed by atoms with van der Waals surface area (Å²) in [6.45, 7) is 3.34. The zero-order valence-electron chi connectivity index (χ0n) is 13.2. The van der Waals surface area contributed by atoms with E-state index in [1.54, 1.807) is 23.6 Å². The largest absolute Gasteiger partial charge is 0.346 e. The standard InChI is InChI=1S/C16H17N3O4S2/c1-2-7-18-15(20)16(21)19-11-13(12-5-3-8-17-10-12)25(22,23)14-6-4-9-24-14/h2-6,8-10,13H,1,7,11H2,(H,18,20)(H,19,21)/t13-/m1/s1. The fourth-order valence-electron chi connectivity index (χ4n) is 2.05. The van der Waals surface area contributed by atoms with Crippen LogP contribution in [0.1, 0.15) is 10.8 Å². The van der Waals surface area contributed by atoms with Crippen molar-refractivity contribution in [2.45, 2.75) is 9.46 Å². The summed E-state index contributed by atoms with van der Waals surface area (Å²) < 4.78 is 25.9. The van der Waals surface area contributed by atoms with Crippen LogP contribution in [0.2, 0.25) is 0 Å². The minimum absolute atomic E-state index is 0.145. The van der Waals surface area contributed by atoms with Crippen LogP contribution in [0.15, 0.2) is 58.9 Å². The average molecular weight is 379 g/mol. The number of carbonyl (C=O) groups is 2. The van der Waals surface area contributed by atoms with Gasteiger partial charge in [-0.15, -0.1) is 17.9 Å². The third-order valence-corrected chi connectivity index (χ3v) is 6.80. The van der Waals surface area contributed by atoms with E-state index >= 15 is 0 Å². The molecule has 9 heteroatoms. The molecule has 0 fully saturated rings. The van der Waals surface area contributed by atoms with Crippen LogP contribution < -0.4 is 10.6 Å². The number of hydrogen-bond acceptors (Lipinski definition) is 6. The van der Waals surface area contributed by atoms with Gasteiger partial charge in [0.15, 0.2) is 9.84 Å². The predicted octanol–water partition coefficient (Wildman–Crippen LogP) is 1.08. The lowest BCUT2D eigenvalue weighted by atomic mass is 10.2. The van der Waals surface area contributed by atoms with E-state index in [0.717, 1.165) is 11.3 Å². The van der Waals surface area contributed by atoms with Gasteiger partial charge in [-0.1, -0.05) is 18.2 Å². The maximum atomic E-state index is 12.9. The van der Waals surface area contributed by atoms with Gasteiger partial charge in [0, 0.05) is 25.5 Å². The van der Waals surface area contributed by atoms with Gasteiger partial charge in [0.2, 0.25) is 0 Å². The maximum absolute atomic E-state index is 12.9. The molecule has 2 aromatic rings. The summed E-state index contributed by atoms with van der Waals surface area (Å²) in [7, 11) is -3.73.